The molecule has 0 aromatic carbocycles. The number of carbonyl (C=O) groups excluding carboxylic acids is 2. The first-order valence-corrected chi connectivity index (χ1v) is 13.3. The van der Waals surface area contributed by atoms with Gasteiger partial charge in [-0.25, -0.2) is 4.79 Å². The third kappa shape index (κ3) is 7.34. The van der Waals surface area contributed by atoms with Gasteiger partial charge in [0.25, 0.3) is 0 Å². The average Bonchev–Trinajstić information content (AvgIpc) is 3.51. The topological polar surface area (TPSA) is 105 Å². The normalized spacial score (nSPS) is 18.7. The van der Waals surface area contributed by atoms with Crippen molar-refractivity contribution in [1.82, 2.24) is 29.3 Å². The van der Waals surface area contributed by atoms with Crippen LogP contribution in [0.1, 0.15) is 44.6 Å². The van der Waals surface area contributed by atoms with Gasteiger partial charge in [-0.05, 0) is 32.9 Å². The quantitative estimate of drug-likeness (QED) is 0.476. The highest BCUT2D eigenvalue weighted by atomic mass is 19.3. The molecule has 39 heavy (non-hydrogen) atoms. The van der Waals surface area contributed by atoms with Gasteiger partial charge in [0.2, 0.25) is 11.8 Å². The van der Waals surface area contributed by atoms with E-state index in [0.29, 0.717) is 63.5 Å². The first kappa shape index (κ1) is 28.5. The van der Waals surface area contributed by atoms with Gasteiger partial charge in [-0.2, -0.15) is 23.4 Å². The number of likely N-dealkylation sites (N-methyl/N-ethyl adjacent to an activating group) is 1. The first-order chi connectivity index (χ1) is 18.6. The molecule has 2 aromatic rings. The van der Waals surface area contributed by atoms with Crippen LogP contribution >= 0.6 is 0 Å². The lowest BCUT2D eigenvalue weighted by atomic mass is 10.1. The predicted molar refractivity (Wildman–Crippen MR) is 141 cm³/mol. The Hall–Kier alpha value is -3.48. The Labute approximate surface area is 226 Å². The third-order valence-electron chi connectivity index (χ3n) is 6.87. The van der Waals surface area contributed by atoms with Gasteiger partial charge in [-0.15, -0.1) is 0 Å². The molecule has 11 nitrogen and oxygen atoms in total. The number of halogens is 2. The van der Waals surface area contributed by atoms with Gasteiger partial charge < -0.3 is 29.5 Å². The second-order valence-corrected chi connectivity index (χ2v) is 10.5. The second kappa shape index (κ2) is 12.6. The molecule has 1 atom stereocenters. The largest absolute Gasteiger partial charge is 0.444 e. The summed E-state index contributed by atoms with van der Waals surface area (Å²) in [5.41, 5.74) is 1.29. The minimum atomic E-state index is -2.99. The summed E-state index contributed by atoms with van der Waals surface area (Å²) in [6.45, 7) is 3.54. The fourth-order valence-electron chi connectivity index (χ4n) is 4.75. The molecule has 2 fully saturated rings. The third-order valence-corrected chi connectivity index (χ3v) is 6.87. The van der Waals surface area contributed by atoms with E-state index in [1.54, 1.807) is 26.6 Å². The van der Waals surface area contributed by atoms with Crippen molar-refractivity contribution in [2.24, 2.45) is 0 Å². The zero-order valence-corrected chi connectivity index (χ0v) is 22.8. The van der Waals surface area contributed by atoms with Crippen molar-refractivity contribution in [3.05, 3.63) is 30.0 Å². The number of piperidine rings is 1. The maximum atomic E-state index is 12.9. The number of carbonyl (C=O) groups is 2. The molecule has 2 amide bonds. The van der Waals surface area contributed by atoms with Gasteiger partial charge in [0, 0.05) is 56.3 Å². The number of nitrogens with zero attached hydrogens (tertiary/aromatic N) is 6. The van der Waals surface area contributed by atoms with Crippen LogP contribution in [0.25, 0.3) is 5.65 Å². The Kier molecular flexibility index (Phi) is 9.20. The van der Waals surface area contributed by atoms with E-state index in [0.717, 1.165) is 5.56 Å². The van der Waals surface area contributed by atoms with Crippen LogP contribution in [0.2, 0.25) is 0 Å². The number of hydrogen-bond acceptors (Lipinski definition) is 8. The molecule has 0 saturated carbocycles. The summed E-state index contributed by atoms with van der Waals surface area (Å²) in [6, 6.07) is 1.40. The van der Waals surface area contributed by atoms with Crippen LogP contribution in [-0.2, 0) is 9.53 Å². The molecule has 0 aliphatic carbocycles. The Morgan fingerprint density at radius 1 is 1.18 bits per heavy atom. The summed E-state index contributed by atoms with van der Waals surface area (Å²) in [7, 11) is 3.86. The Morgan fingerprint density at radius 2 is 1.90 bits per heavy atom. The van der Waals surface area contributed by atoms with E-state index in [-0.39, 0.29) is 35.9 Å². The van der Waals surface area contributed by atoms with Crippen LogP contribution in [0.4, 0.5) is 19.4 Å². The van der Waals surface area contributed by atoms with Crippen molar-refractivity contribution in [2.75, 3.05) is 52.1 Å². The van der Waals surface area contributed by atoms with Crippen LogP contribution < -0.4 is 10.1 Å². The highest BCUT2D eigenvalue weighted by Crippen LogP contribution is 2.27. The van der Waals surface area contributed by atoms with Crippen molar-refractivity contribution >= 4 is 23.5 Å². The molecule has 2 saturated heterocycles. The lowest BCUT2D eigenvalue weighted by molar-refractivity contribution is -0.125. The summed E-state index contributed by atoms with van der Waals surface area (Å²) in [5, 5.41) is 7.77. The highest BCUT2D eigenvalue weighted by Gasteiger charge is 2.31. The molecule has 0 radical (unpaired) electrons. The number of hydrogen-bond donors (Lipinski definition) is 1. The zero-order chi connectivity index (χ0) is 28.1. The molecular formula is C26H37F2N7O4. The molecule has 2 aliphatic rings. The summed E-state index contributed by atoms with van der Waals surface area (Å²) in [4.78, 5) is 34.7. The van der Waals surface area contributed by atoms with Gasteiger partial charge in [0.1, 0.15) is 11.9 Å². The smallest absolute Gasteiger partial charge is 0.410 e. The van der Waals surface area contributed by atoms with Crippen molar-refractivity contribution in [2.45, 2.75) is 57.8 Å². The number of amides is 2. The average molecular weight is 550 g/mol. The molecule has 1 N–H and O–H groups in total. The molecule has 4 rings (SSSR count). The first-order valence-electron chi connectivity index (χ1n) is 13.3. The number of ether oxygens (including phenoxy) is 2. The number of alkyl halides is 2. The van der Waals surface area contributed by atoms with E-state index >= 15 is 0 Å². The van der Waals surface area contributed by atoms with Crippen molar-refractivity contribution in [3.8, 4) is 5.88 Å². The lowest BCUT2D eigenvalue weighted by Crippen LogP contribution is -2.44. The molecular weight excluding hydrogens is 512 g/mol. The molecule has 2 aromatic heterocycles. The Bertz CT molecular complexity index is 1180. The monoisotopic (exact) mass is 549 g/mol. The van der Waals surface area contributed by atoms with Gasteiger partial charge in [0.05, 0.1) is 12.7 Å². The van der Waals surface area contributed by atoms with Crippen LogP contribution in [0.15, 0.2) is 24.4 Å². The number of aromatic nitrogens is 3. The predicted octanol–water partition coefficient (Wildman–Crippen LogP) is 3.19. The zero-order valence-electron chi connectivity index (χ0n) is 22.8. The minimum absolute atomic E-state index is 0.0145. The Balaban J connectivity index is 1.30. The van der Waals surface area contributed by atoms with E-state index in [9.17, 15) is 18.4 Å². The number of anilines is 1. The van der Waals surface area contributed by atoms with Crippen molar-refractivity contribution in [3.63, 3.8) is 0 Å². The molecule has 0 bridgehead atoms. The fraction of sp³-hybridized carbons (Fsp3) is 0.615. The molecule has 2 aliphatic heterocycles. The summed E-state index contributed by atoms with van der Waals surface area (Å²) >= 11 is 0. The number of fused-ring (bicyclic) bond motifs is 1. The van der Waals surface area contributed by atoms with Crippen LogP contribution in [-0.4, -0.2) is 107 Å². The van der Waals surface area contributed by atoms with E-state index in [2.05, 4.69) is 20.1 Å². The minimum Gasteiger partial charge on any atom is -0.444 e. The van der Waals surface area contributed by atoms with E-state index in [4.69, 9.17) is 4.74 Å². The number of nitrogens with one attached hydrogen (secondary N) is 1. The van der Waals surface area contributed by atoms with Crippen molar-refractivity contribution in [1.29, 1.82) is 0 Å². The molecule has 214 valence electrons. The highest BCUT2D eigenvalue weighted by molar-refractivity contribution is 5.87. The maximum Gasteiger partial charge on any atom is 0.410 e. The van der Waals surface area contributed by atoms with Gasteiger partial charge in [0.15, 0.2) is 5.65 Å². The fourth-order valence-corrected chi connectivity index (χ4v) is 4.75. The van der Waals surface area contributed by atoms with E-state index in [1.165, 1.54) is 6.07 Å². The molecule has 4 heterocycles. The maximum absolute atomic E-state index is 12.9. The summed E-state index contributed by atoms with van der Waals surface area (Å²) in [5.74, 6) is 0.343. The molecule has 13 heteroatoms. The van der Waals surface area contributed by atoms with Crippen LogP contribution in [0.5, 0.6) is 5.88 Å². The van der Waals surface area contributed by atoms with Crippen LogP contribution in [0, 0.1) is 0 Å². The van der Waals surface area contributed by atoms with E-state index < -0.39 is 6.61 Å². The van der Waals surface area contributed by atoms with Gasteiger partial charge >= 0.3 is 12.7 Å². The Morgan fingerprint density at radius 3 is 2.56 bits per heavy atom. The summed E-state index contributed by atoms with van der Waals surface area (Å²) in [6.07, 6.45) is 6.23. The van der Waals surface area contributed by atoms with Gasteiger partial charge in [-0.1, -0.05) is 19.9 Å². The standard InChI is InChI=1S/C26H37F2N7O4/c1-17(2)20-15-29-35-21(14-22(31-24(20)35)39-25(27)28)30-18-7-11-33(12-8-18)26(37)38-19-9-13-34(16-19)23(36)6-5-10-32(3)4/h5-6,14-15,17-19,25,30H,7-13,16H2,1-4H3/b6-5+. The number of likely N-dealkylation sites (tertiary alicyclic amines) is 2. The number of rotatable bonds is 9. The SMILES string of the molecule is CC(C)c1cnn2c(NC3CCN(C(=O)OC4CCN(C(=O)/C=C/CN(C)C)C4)CC3)cc(OC(F)F)nc12. The lowest BCUT2D eigenvalue weighted by Gasteiger charge is -2.32. The van der Waals surface area contributed by atoms with Crippen LogP contribution in [0.3, 0.4) is 0 Å². The van der Waals surface area contributed by atoms with Crippen molar-refractivity contribution < 1.29 is 27.8 Å². The van der Waals surface area contributed by atoms with E-state index in [1.807, 2.05) is 38.9 Å². The molecule has 0 spiro atoms. The summed E-state index contributed by atoms with van der Waals surface area (Å²) < 4.78 is 37.7. The van der Waals surface area contributed by atoms with Gasteiger partial charge in [-0.3, -0.25) is 4.79 Å². The molecule has 1 unspecified atom stereocenters. The second-order valence-electron chi connectivity index (χ2n) is 10.5.